The number of thioether (sulfide) groups is 1. The van der Waals surface area contributed by atoms with E-state index in [-0.39, 0.29) is 0 Å². The van der Waals surface area contributed by atoms with Crippen LogP contribution in [0.5, 0.6) is 0 Å². The van der Waals surface area contributed by atoms with E-state index in [1.54, 1.807) is 0 Å². The van der Waals surface area contributed by atoms with E-state index in [1.807, 2.05) is 0 Å². The van der Waals surface area contributed by atoms with E-state index >= 15 is 0 Å². The van der Waals surface area contributed by atoms with E-state index in [9.17, 15) is 0 Å². The van der Waals surface area contributed by atoms with Crippen LogP contribution in [0.25, 0.3) is 0 Å². The first-order valence-electron chi connectivity index (χ1n) is 4.60. The number of rotatable bonds is 3. The molecule has 1 fully saturated rings. The quantitative estimate of drug-likeness (QED) is 0.702. The maximum absolute atomic E-state index is 3.64. The monoisotopic (exact) mass is 173 g/mol. The molecule has 0 aromatic carbocycles. The van der Waals surface area contributed by atoms with Crippen molar-refractivity contribution in [1.29, 1.82) is 0 Å². The molecular formula is C9H19NS. The Bertz CT molecular complexity index is 116. The molecular weight excluding hydrogens is 154 g/mol. The molecule has 0 saturated carbocycles. The normalized spacial score (nSPS) is 34.1. The smallest absolute Gasteiger partial charge is 0.0171 e. The Morgan fingerprint density at radius 3 is 2.82 bits per heavy atom. The molecule has 66 valence electrons. The van der Waals surface area contributed by atoms with Gasteiger partial charge in [-0.2, -0.15) is 11.8 Å². The van der Waals surface area contributed by atoms with Crippen molar-refractivity contribution in [3.63, 3.8) is 0 Å². The summed E-state index contributed by atoms with van der Waals surface area (Å²) in [6, 6.07) is 1.48. The van der Waals surface area contributed by atoms with Gasteiger partial charge in [0, 0.05) is 23.1 Å². The Kier molecular flexibility index (Phi) is 3.73. The topological polar surface area (TPSA) is 12.0 Å². The van der Waals surface area contributed by atoms with Crippen molar-refractivity contribution in [1.82, 2.24) is 5.32 Å². The van der Waals surface area contributed by atoms with Crippen LogP contribution < -0.4 is 5.32 Å². The van der Waals surface area contributed by atoms with Crippen molar-refractivity contribution in [3.05, 3.63) is 0 Å². The lowest BCUT2D eigenvalue weighted by molar-refractivity contribution is 0.453. The summed E-state index contributed by atoms with van der Waals surface area (Å²) in [6.45, 7) is 6.83. The third-order valence-electron chi connectivity index (χ3n) is 2.33. The van der Waals surface area contributed by atoms with Crippen LogP contribution in [0.3, 0.4) is 0 Å². The maximum Gasteiger partial charge on any atom is 0.0171 e. The van der Waals surface area contributed by atoms with Crippen molar-refractivity contribution in [2.45, 2.75) is 50.9 Å². The van der Waals surface area contributed by atoms with Crippen molar-refractivity contribution >= 4 is 11.8 Å². The molecule has 2 heteroatoms. The molecule has 0 radical (unpaired) electrons. The van der Waals surface area contributed by atoms with E-state index in [2.05, 4.69) is 37.8 Å². The zero-order chi connectivity index (χ0) is 8.27. The minimum Gasteiger partial charge on any atom is -0.311 e. The van der Waals surface area contributed by atoms with Gasteiger partial charge in [0.15, 0.2) is 0 Å². The molecule has 11 heavy (non-hydrogen) atoms. The SMILES string of the molecule is CCC(C)NC1CSC(C)C1. The van der Waals surface area contributed by atoms with Gasteiger partial charge in [0.05, 0.1) is 0 Å². The molecule has 1 rings (SSSR count). The molecule has 1 N–H and O–H groups in total. The van der Waals surface area contributed by atoms with Crippen LogP contribution in [0.2, 0.25) is 0 Å². The van der Waals surface area contributed by atoms with E-state index in [0.717, 1.165) is 11.3 Å². The number of hydrogen-bond donors (Lipinski definition) is 1. The van der Waals surface area contributed by atoms with E-state index in [1.165, 1.54) is 18.6 Å². The highest BCUT2D eigenvalue weighted by Crippen LogP contribution is 2.26. The van der Waals surface area contributed by atoms with Gasteiger partial charge in [-0.15, -0.1) is 0 Å². The summed E-state index contributed by atoms with van der Waals surface area (Å²) in [5.41, 5.74) is 0. The van der Waals surface area contributed by atoms with Gasteiger partial charge in [-0.05, 0) is 19.8 Å². The summed E-state index contributed by atoms with van der Waals surface area (Å²) in [7, 11) is 0. The van der Waals surface area contributed by atoms with Crippen LogP contribution in [0.15, 0.2) is 0 Å². The largest absolute Gasteiger partial charge is 0.311 e. The summed E-state index contributed by atoms with van der Waals surface area (Å²) in [5, 5.41) is 4.51. The van der Waals surface area contributed by atoms with Gasteiger partial charge in [0.25, 0.3) is 0 Å². The molecule has 0 amide bonds. The first-order valence-corrected chi connectivity index (χ1v) is 5.65. The molecule has 1 aliphatic heterocycles. The lowest BCUT2D eigenvalue weighted by Crippen LogP contribution is -2.36. The molecule has 1 nitrogen and oxygen atoms in total. The molecule has 1 saturated heterocycles. The van der Waals surface area contributed by atoms with Crippen molar-refractivity contribution in [2.75, 3.05) is 5.75 Å². The summed E-state index contributed by atoms with van der Waals surface area (Å²) >= 11 is 2.10. The molecule has 0 aromatic heterocycles. The zero-order valence-corrected chi connectivity index (χ0v) is 8.58. The first kappa shape index (κ1) is 9.40. The number of hydrogen-bond acceptors (Lipinski definition) is 2. The highest BCUT2D eigenvalue weighted by atomic mass is 32.2. The Morgan fingerprint density at radius 1 is 1.64 bits per heavy atom. The summed E-state index contributed by atoms with van der Waals surface area (Å²) in [5.74, 6) is 1.31. The standard InChI is InChI=1S/C9H19NS/c1-4-7(2)10-9-5-8(3)11-6-9/h7-10H,4-6H2,1-3H3. The van der Waals surface area contributed by atoms with Crippen molar-refractivity contribution in [3.8, 4) is 0 Å². The van der Waals surface area contributed by atoms with Crippen LogP contribution in [0.4, 0.5) is 0 Å². The van der Waals surface area contributed by atoms with Gasteiger partial charge in [-0.3, -0.25) is 0 Å². The van der Waals surface area contributed by atoms with E-state index < -0.39 is 0 Å². The Morgan fingerprint density at radius 2 is 2.36 bits per heavy atom. The third-order valence-corrected chi connectivity index (χ3v) is 3.69. The van der Waals surface area contributed by atoms with Gasteiger partial charge >= 0.3 is 0 Å². The first-order chi connectivity index (χ1) is 5.22. The van der Waals surface area contributed by atoms with E-state index in [4.69, 9.17) is 0 Å². The Balaban J connectivity index is 2.17. The molecule has 1 heterocycles. The molecule has 0 aliphatic carbocycles. The molecule has 0 aromatic rings. The van der Waals surface area contributed by atoms with Crippen LogP contribution in [-0.4, -0.2) is 23.1 Å². The molecule has 3 unspecified atom stereocenters. The Labute approximate surface area is 74.3 Å². The zero-order valence-electron chi connectivity index (χ0n) is 7.76. The average Bonchev–Trinajstić information content (AvgIpc) is 2.35. The fourth-order valence-corrected chi connectivity index (χ4v) is 2.62. The molecule has 0 spiro atoms. The second kappa shape index (κ2) is 4.36. The van der Waals surface area contributed by atoms with Gasteiger partial charge in [0.2, 0.25) is 0 Å². The minimum atomic E-state index is 0.700. The highest BCUT2D eigenvalue weighted by molar-refractivity contribution is 8.00. The second-order valence-corrected chi connectivity index (χ2v) is 5.02. The fraction of sp³-hybridized carbons (Fsp3) is 1.00. The fourth-order valence-electron chi connectivity index (χ4n) is 1.45. The minimum absolute atomic E-state index is 0.700. The van der Waals surface area contributed by atoms with Gasteiger partial charge in [0.1, 0.15) is 0 Å². The predicted molar refractivity (Wildman–Crippen MR) is 53.2 cm³/mol. The van der Waals surface area contributed by atoms with Gasteiger partial charge in [-0.1, -0.05) is 13.8 Å². The van der Waals surface area contributed by atoms with E-state index in [0.29, 0.717) is 6.04 Å². The maximum atomic E-state index is 3.64. The average molecular weight is 173 g/mol. The van der Waals surface area contributed by atoms with Crippen LogP contribution in [-0.2, 0) is 0 Å². The number of nitrogens with one attached hydrogen (secondary N) is 1. The van der Waals surface area contributed by atoms with Crippen molar-refractivity contribution < 1.29 is 0 Å². The second-order valence-electron chi connectivity index (χ2n) is 3.55. The summed E-state index contributed by atoms with van der Waals surface area (Å²) < 4.78 is 0. The summed E-state index contributed by atoms with van der Waals surface area (Å²) in [6.07, 6.45) is 2.60. The van der Waals surface area contributed by atoms with Crippen LogP contribution in [0.1, 0.15) is 33.6 Å². The molecule has 3 atom stereocenters. The highest BCUT2D eigenvalue weighted by Gasteiger charge is 2.21. The van der Waals surface area contributed by atoms with Crippen LogP contribution >= 0.6 is 11.8 Å². The Hall–Kier alpha value is 0.310. The lowest BCUT2D eigenvalue weighted by atomic mass is 10.1. The molecule has 0 bridgehead atoms. The molecule has 1 aliphatic rings. The lowest BCUT2D eigenvalue weighted by Gasteiger charge is -2.16. The predicted octanol–water partition coefficient (Wildman–Crippen LogP) is 2.27. The van der Waals surface area contributed by atoms with Crippen LogP contribution in [0, 0.1) is 0 Å². The summed E-state index contributed by atoms with van der Waals surface area (Å²) in [4.78, 5) is 0. The van der Waals surface area contributed by atoms with Gasteiger partial charge in [-0.25, -0.2) is 0 Å². The third kappa shape index (κ3) is 3.04. The van der Waals surface area contributed by atoms with Gasteiger partial charge < -0.3 is 5.32 Å². The van der Waals surface area contributed by atoms with Crippen molar-refractivity contribution in [2.24, 2.45) is 0 Å².